The van der Waals surface area contributed by atoms with E-state index in [0.717, 1.165) is 35.1 Å². The van der Waals surface area contributed by atoms with Crippen molar-refractivity contribution >= 4 is 0 Å². The maximum Gasteiger partial charge on any atom is 0.144 e. The van der Waals surface area contributed by atoms with Crippen LogP contribution in [0.3, 0.4) is 0 Å². The van der Waals surface area contributed by atoms with Crippen LogP contribution >= 0.6 is 0 Å². The molecule has 4 nitrogen and oxygen atoms in total. The number of quaternary nitrogens is 1. The predicted octanol–water partition coefficient (Wildman–Crippen LogP) is 6.69. The molecule has 0 N–H and O–H groups in total. The van der Waals surface area contributed by atoms with Crippen molar-refractivity contribution in [3.05, 3.63) is 149 Å². The van der Waals surface area contributed by atoms with Gasteiger partial charge in [-0.25, -0.2) is 0 Å². The van der Waals surface area contributed by atoms with Crippen LogP contribution in [0.25, 0.3) is 0 Å². The average molecular weight is 494 g/mol. The Morgan fingerprint density at radius 3 is 1.70 bits per heavy atom. The lowest BCUT2D eigenvalue weighted by molar-refractivity contribution is -0.893. The monoisotopic (exact) mass is 493 g/mol. The maximum absolute atomic E-state index is 13.9. The molecule has 1 fully saturated rings. The smallest absolute Gasteiger partial charge is 0.144 e. The Morgan fingerprint density at radius 1 is 0.703 bits per heavy atom. The summed E-state index contributed by atoms with van der Waals surface area (Å²) < 4.78 is 12.6. The molecular formula is C33H35NO3. The van der Waals surface area contributed by atoms with Crippen molar-refractivity contribution in [2.75, 3.05) is 26.3 Å². The summed E-state index contributed by atoms with van der Waals surface area (Å²) in [6.45, 7) is 2.39. The molecule has 0 bridgehead atoms. The largest absolute Gasteiger partial charge is 0.632 e. The molecule has 0 radical (unpaired) electrons. The minimum atomic E-state index is -0.805. The first-order valence-electron chi connectivity index (χ1n) is 13.2. The topological polar surface area (TPSA) is 41.5 Å². The van der Waals surface area contributed by atoms with Crippen LogP contribution in [-0.2, 0) is 21.7 Å². The molecule has 190 valence electrons. The highest BCUT2D eigenvalue weighted by molar-refractivity contribution is 5.47. The van der Waals surface area contributed by atoms with Gasteiger partial charge in [0, 0.05) is 12.8 Å². The lowest BCUT2D eigenvalue weighted by atomic mass is 9.80. The molecule has 5 rings (SSSR count). The standard InChI is InChI=1S/C33H35NO3/c35-34(24-25-36-26-28-14-5-1-6-15-28)23-13-22-32(34)27-37-33(29-16-7-2-8-17-29,30-18-9-3-10-19-30)31-20-11-4-12-21-31/h1-12,14-21,32H,13,22-27H2. The number of benzene rings is 4. The highest BCUT2D eigenvalue weighted by Gasteiger charge is 2.41. The second-order valence-corrected chi connectivity index (χ2v) is 9.82. The summed E-state index contributed by atoms with van der Waals surface area (Å²) in [6.07, 6.45) is 1.77. The zero-order valence-electron chi connectivity index (χ0n) is 21.2. The summed E-state index contributed by atoms with van der Waals surface area (Å²) in [5, 5.41) is 13.9. The summed E-state index contributed by atoms with van der Waals surface area (Å²) in [5.74, 6) is 0. The molecule has 0 aromatic heterocycles. The van der Waals surface area contributed by atoms with E-state index in [9.17, 15) is 5.21 Å². The van der Waals surface area contributed by atoms with E-state index in [-0.39, 0.29) is 10.7 Å². The third kappa shape index (κ3) is 5.68. The second-order valence-electron chi connectivity index (χ2n) is 9.82. The quantitative estimate of drug-likeness (QED) is 0.101. The molecule has 1 heterocycles. The Morgan fingerprint density at radius 2 is 1.19 bits per heavy atom. The van der Waals surface area contributed by atoms with E-state index in [0.29, 0.717) is 32.9 Å². The van der Waals surface area contributed by atoms with Crippen molar-refractivity contribution in [2.45, 2.75) is 31.1 Å². The third-order valence-corrected chi connectivity index (χ3v) is 7.50. The zero-order valence-corrected chi connectivity index (χ0v) is 21.2. The number of rotatable bonds is 11. The summed E-state index contributed by atoms with van der Waals surface area (Å²) >= 11 is 0. The second kappa shape index (κ2) is 11.8. The van der Waals surface area contributed by atoms with Crippen molar-refractivity contribution in [1.82, 2.24) is 0 Å². The fraction of sp³-hybridized carbons (Fsp3) is 0.273. The SMILES string of the molecule is [O-][N+]1(CCOCc2ccccc2)CCCC1COC(c1ccccc1)(c1ccccc1)c1ccccc1. The van der Waals surface area contributed by atoms with Crippen LogP contribution < -0.4 is 0 Å². The van der Waals surface area contributed by atoms with Crippen LogP contribution in [0.4, 0.5) is 0 Å². The first-order valence-corrected chi connectivity index (χ1v) is 13.2. The molecule has 4 aromatic rings. The van der Waals surface area contributed by atoms with Crippen LogP contribution in [0, 0.1) is 5.21 Å². The van der Waals surface area contributed by atoms with Gasteiger partial charge in [-0.1, -0.05) is 121 Å². The highest BCUT2D eigenvalue weighted by Crippen LogP contribution is 2.41. The van der Waals surface area contributed by atoms with Crippen LogP contribution in [-0.4, -0.2) is 37.0 Å². The van der Waals surface area contributed by atoms with Crippen LogP contribution in [0.15, 0.2) is 121 Å². The van der Waals surface area contributed by atoms with E-state index < -0.39 is 5.60 Å². The van der Waals surface area contributed by atoms with Gasteiger partial charge in [0.2, 0.25) is 0 Å². The van der Waals surface area contributed by atoms with Crippen LogP contribution in [0.1, 0.15) is 35.1 Å². The van der Waals surface area contributed by atoms with Gasteiger partial charge in [0.1, 0.15) is 24.8 Å². The van der Waals surface area contributed by atoms with Crippen molar-refractivity contribution in [1.29, 1.82) is 0 Å². The summed E-state index contributed by atoms with van der Waals surface area (Å²) in [4.78, 5) is 0. The molecule has 2 atom stereocenters. The molecule has 1 aliphatic heterocycles. The van der Waals surface area contributed by atoms with Crippen molar-refractivity contribution in [2.24, 2.45) is 0 Å². The first kappa shape index (κ1) is 25.4. The van der Waals surface area contributed by atoms with Crippen molar-refractivity contribution in [3.63, 3.8) is 0 Å². The number of hydrogen-bond donors (Lipinski definition) is 0. The minimum Gasteiger partial charge on any atom is -0.632 e. The third-order valence-electron chi connectivity index (χ3n) is 7.50. The normalized spacial score (nSPS) is 19.6. The number of ether oxygens (including phenoxy) is 2. The molecule has 4 aromatic carbocycles. The lowest BCUT2D eigenvalue weighted by Crippen LogP contribution is -2.51. The number of nitrogens with zero attached hydrogens (tertiary/aromatic N) is 1. The zero-order chi connectivity index (χ0) is 25.4. The van der Waals surface area contributed by atoms with E-state index in [1.165, 1.54) is 0 Å². The molecule has 0 amide bonds. The maximum atomic E-state index is 13.9. The van der Waals surface area contributed by atoms with E-state index >= 15 is 0 Å². The van der Waals surface area contributed by atoms with Gasteiger partial charge in [0.25, 0.3) is 0 Å². The van der Waals surface area contributed by atoms with E-state index in [1.54, 1.807) is 0 Å². The molecule has 37 heavy (non-hydrogen) atoms. The Balaban J connectivity index is 1.37. The lowest BCUT2D eigenvalue weighted by Gasteiger charge is -2.45. The van der Waals surface area contributed by atoms with Gasteiger partial charge < -0.3 is 19.3 Å². The predicted molar refractivity (Wildman–Crippen MR) is 148 cm³/mol. The number of hydrogen-bond acceptors (Lipinski definition) is 3. The highest BCUT2D eigenvalue weighted by atomic mass is 16.6. The van der Waals surface area contributed by atoms with Crippen LogP contribution in [0.5, 0.6) is 0 Å². The summed E-state index contributed by atoms with van der Waals surface area (Å²) in [6, 6.07) is 41.0. The summed E-state index contributed by atoms with van der Waals surface area (Å²) in [5.41, 5.74) is 3.49. The minimum absolute atomic E-state index is 0.129. The summed E-state index contributed by atoms with van der Waals surface area (Å²) in [7, 11) is 0. The number of hydroxylamine groups is 3. The fourth-order valence-electron chi connectivity index (χ4n) is 5.50. The van der Waals surface area contributed by atoms with Crippen LogP contribution in [0.2, 0.25) is 0 Å². The van der Waals surface area contributed by atoms with Gasteiger partial charge in [-0.15, -0.1) is 0 Å². The van der Waals surface area contributed by atoms with E-state index in [2.05, 4.69) is 36.4 Å². The fourth-order valence-corrected chi connectivity index (χ4v) is 5.50. The molecule has 0 spiro atoms. The molecule has 1 saturated heterocycles. The molecule has 2 unspecified atom stereocenters. The van der Waals surface area contributed by atoms with Gasteiger partial charge in [-0.3, -0.25) is 0 Å². The average Bonchev–Trinajstić information content (AvgIpc) is 3.34. The Labute approximate surface area is 220 Å². The van der Waals surface area contributed by atoms with E-state index in [1.807, 2.05) is 84.9 Å². The molecule has 0 saturated carbocycles. The van der Waals surface area contributed by atoms with Gasteiger partial charge in [-0.2, -0.15) is 0 Å². The molecule has 0 aliphatic carbocycles. The van der Waals surface area contributed by atoms with Gasteiger partial charge in [0.15, 0.2) is 0 Å². The van der Waals surface area contributed by atoms with Gasteiger partial charge in [0.05, 0.1) is 19.8 Å². The van der Waals surface area contributed by atoms with Crippen molar-refractivity contribution < 1.29 is 14.1 Å². The number of likely N-dealkylation sites (tertiary alicyclic amines) is 1. The van der Waals surface area contributed by atoms with Gasteiger partial charge in [-0.05, 0) is 22.3 Å². The van der Waals surface area contributed by atoms with Gasteiger partial charge >= 0.3 is 0 Å². The van der Waals surface area contributed by atoms with Crippen molar-refractivity contribution in [3.8, 4) is 0 Å². The molecule has 4 heteroatoms. The Bertz CT molecular complexity index is 1120. The van der Waals surface area contributed by atoms with E-state index in [4.69, 9.17) is 9.47 Å². The molecular weight excluding hydrogens is 458 g/mol. The Hall–Kier alpha value is -3.28. The Kier molecular flexibility index (Phi) is 8.12. The molecule has 1 aliphatic rings. The first-order chi connectivity index (χ1) is 18.2.